The van der Waals surface area contributed by atoms with Crippen molar-refractivity contribution in [1.82, 2.24) is 9.38 Å². The fourth-order valence-electron chi connectivity index (χ4n) is 2.00. The van der Waals surface area contributed by atoms with Crippen LogP contribution in [0.1, 0.15) is 11.1 Å². The van der Waals surface area contributed by atoms with Crippen LogP contribution in [0.15, 0.2) is 59.5 Å². The number of rotatable bonds is 4. The summed E-state index contributed by atoms with van der Waals surface area (Å²) in [5.41, 5.74) is 3.20. The number of nitrogens with zero attached hydrogens (tertiary/aromatic N) is 2. The molecular weight excluding hydrogens is 304 g/mol. The van der Waals surface area contributed by atoms with Crippen LogP contribution in [0, 0.1) is 0 Å². The minimum absolute atomic E-state index is 0.558. The van der Waals surface area contributed by atoms with Gasteiger partial charge < -0.3 is 4.74 Å². The Morgan fingerprint density at radius 2 is 1.89 bits per heavy atom. The van der Waals surface area contributed by atoms with E-state index in [4.69, 9.17) is 4.74 Å². The van der Waals surface area contributed by atoms with E-state index >= 15 is 0 Å². The van der Waals surface area contributed by atoms with Gasteiger partial charge in [0.2, 0.25) is 0 Å². The molecule has 0 radical (unpaired) electrons. The van der Waals surface area contributed by atoms with Gasteiger partial charge in [-0.25, -0.2) is 4.98 Å². The number of hydrogen-bond donors (Lipinski definition) is 0. The molecule has 19 heavy (non-hydrogen) atoms. The average Bonchev–Trinajstić information content (AvgIpc) is 2.83. The van der Waals surface area contributed by atoms with Gasteiger partial charge in [0.1, 0.15) is 10.3 Å². The molecule has 4 heteroatoms. The topological polar surface area (TPSA) is 26.5 Å². The first-order chi connectivity index (χ1) is 9.34. The summed E-state index contributed by atoms with van der Waals surface area (Å²) in [6, 6.07) is 14.2. The molecule has 0 unspecified atom stereocenters. The number of imidazole rings is 1. The van der Waals surface area contributed by atoms with E-state index in [0.717, 1.165) is 15.8 Å². The van der Waals surface area contributed by atoms with E-state index in [1.165, 1.54) is 5.56 Å². The molecule has 3 nitrogen and oxygen atoms in total. The Bertz CT molecular complexity index is 679. The highest BCUT2D eigenvalue weighted by Gasteiger charge is 2.05. The van der Waals surface area contributed by atoms with Crippen LogP contribution in [0.2, 0.25) is 0 Å². The van der Waals surface area contributed by atoms with Crippen LogP contribution in [-0.2, 0) is 18.0 Å². The van der Waals surface area contributed by atoms with Gasteiger partial charge in [-0.3, -0.25) is 4.40 Å². The molecule has 0 bridgehead atoms. The molecule has 0 atom stereocenters. The monoisotopic (exact) mass is 316 g/mol. The summed E-state index contributed by atoms with van der Waals surface area (Å²) >= 11 is 3.47. The van der Waals surface area contributed by atoms with Crippen molar-refractivity contribution in [3.8, 4) is 0 Å². The smallest absolute Gasteiger partial charge is 0.143 e. The minimum Gasteiger partial charge on any atom is -0.372 e. The van der Waals surface area contributed by atoms with Crippen LogP contribution in [0.25, 0.3) is 5.65 Å². The molecule has 0 N–H and O–H groups in total. The zero-order valence-corrected chi connectivity index (χ0v) is 11.9. The highest BCUT2D eigenvalue weighted by molar-refractivity contribution is 9.10. The number of ether oxygens (including phenoxy) is 1. The third-order valence-electron chi connectivity index (χ3n) is 2.94. The molecule has 3 aromatic rings. The Morgan fingerprint density at radius 1 is 1.05 bits per heavy atom. The second-order valence-corrected chi connectivity index (χ2v) is 5.10. The first-order valence-corrected chi connectivity index (χ1v) is 6.86. The van der Waals surface area contributed by atoms with Crippen LogP contribution >= 0.6 is 15.9 Å². The largest absolute Gasteiger partial charge is 0.372 e. The summed E-state index contributed by atoms with van der Waals surface area (Å²) in [5, 5.41) is 0. The fourth-order valence-corrected chi connectivity index (χ4v) is 2.39. The normalized spacial score (nSPS) is 11.0. The molecule has 2 aromatic heterocycles. The number of hydrogen-bond acceptors (Lipinski definition) is 2. The van der Waals surface area contributed by atoms with Gasteiger partial charge in [-0.1, -0.05) is 36.4 Å². The van der Waals surface area contributed by atoms with Gasteiger partial charge >= 0.3 is 0 Å². The highest BCUT2D eigenvalue weighted by atomic mass is 79.9. The summed E-state index contributed by atoms with van der Waals surface area (Å²) < 4.78 is 8.71. The van der Waals surface area contributed by atoms with Gasteiger partial charge in [0.05, 0.1) is 19.4 Å². The summed E-state index contributed by atoms with van der Waals surface area (Å²) in [4.78, 5) is 4.38. The molecule has 0 aliphatic carbocycles. The SMILES string of the molecule is Brc1cnc2c(COCc3ccccc3)cccn12. The van der Waals surface area contributed by atoms with Crippen LogP contribution in [0.3, 0.4) is 0 Å². The summed E-state index contributed by atoms with van der Waals surface area (Å²) in [5.74, 6) is 0. The van der Waals surface area contributed by atoms with Crippen LogP contribution in [0.5, 0.6) is 0 Å². The van der Waals surface area contributed by atoms with Crippen molar-refractivity contribution < 1.29 is 4.74 Å². The van der Waals surface area contributed by atoms with Crippen LogP contribution < -0.4 is 0 Å². The maximum absolute atomic E-state index is 5.75. The number of benzene rings is 1. The van der Waals surface area contributed by atoms with Gasteiger partial charge in [0.25, 0.3) is 0 Å². The van der Waals surface area contributed by atoms with Crippen LogP contribution in [0.4, 0.5) is 0 Å². The molecule has 2 heterocycles. The Labute approximate surface area is 120 Å². The predicted octanol–water partition coefficient (Wildman–Crippen LogP) is 3.81. The summed E-state index contributed by atoms with van der Waals surface area (Å²) in [6.07, 6.45) is 3.78. The van der Waals surface area contributed by atoms with Gasteiger partial charge in [0.15, 0.2) is 0 Å². The lowest BCUT2D eigenvalue weighted by atomic mass is 10.2. The molecule has 0 aliphatic rings. The van der Waals surface area contributed by atoms with Crippen molar-refractivity contribution in [3.63, 3.8) is 0 Å². The zero-order valence-electron chi connectivity index (χ0n) is 10.3. The van der Waals surface area contributed by atoms with E-state index in [1.54, 1.807) is 6.20 Å². The molecule has 0 fully saturated rings. The number of pyridine rings is 1. The first-order valence-electron chi connectivity index (χ1n) is 6.07. The lowest BCUT2D eigenvalue weighted by Gasteiger charge is -2.06. The van der Waals surface area contributed by atoms with Gasteiger partial charge in [-0.15, -0.1) is 0 Å². The van der Waals surface area contributed by atoms with Crippen molar-refractivity contribution in [2.75, 3.05) is 0 Å². The van der Waals surface area contributed by atoms with Gasteiger partial charge in [-0.05, 0) is 27.6 Å². The van der Waals surface area contributed by atoms with Crippen molar-refractivity contribution in [2.45, 2.75) is 13.2 Å². The number of aromatic nitrogens is 2. The molecule has 0 amide bonds. The maximum Gasteiger partial charge on any atom is 0.143 e. The fraction of sp³-hybridized carbons (Fsp3) is 0.133. The maximum atomic E-state index is 5.75. The first kappa shape index (κ1) is 12.4. The third kappa shape index (κ3) is 2.69. The molecule has 0 saturated heterocycles. The predicted molar refractivity (Wildman–Crippen MR) is 77.8 cm³/mol. The van der Waals surface area contributed by atoms with E-state index in [9.17, 15) is 0 Å². The Kier molecular flexibility index (Phi) is 3.62. The molecule has 0 aliphatic heterocycles. The number of halogens is 1. The summed E-state index contributed by atoms with van der Waals surface area (Å²) in [7, 11) is 0. The second-order valence-electron chi connectivity index (χ2n) is 4.29. The molecule has 3 rings (SSSR count). The molecule has 0 saturated carbocycles. The highest BCUT2D eigenvalue weighted by Crippen LogP contribution is 2.17. The van der Waals surface area contributed by atoms with Crippen molar-refractivity contribution >= 4 is 21.6 Å². The lowest BCUT2D eigenvalue weighted by Crippen LogP contribution is -1.97. The van der Waals surface area contributed by atoms with Crippen molar-refractivity contribution in [1.29, 1.82) is 0 Å². The van der Waals surface area contributed by atoms with Crippen LogP contribution in [-0.4, -0.2) is 9.38 Å². The Morgan fingerprint density at radius 3 is 2.74 bits per heavy atom. The average molecular weight is 317 g/mol. The van der Waals surface area contributed by atoms with Gasteiger partial charge in [-0.2, -0.15) is 0 Å². The van der Waals surface area contributed by atoms with E-state index in [-0.39, 0.29) is 0 Å². The Balaban J connectivity index is 1.72. The second kappa shape index (κ2) is 5.55. The van der Waals surface area contributed by atoms with E-state index in [0.29, 0.717) is 13.2 Å². The molecule has 0 spiro atoms. The third-order valence-corrected chi connectivity index (χ3v) is 3.53. The van der Waals surface area contributed by atoms with Crippen molar-refractivity contribution in [3.05, 3.63) is 70.6 Å². The van der Waals surface area contributed by atoms with Gasteiger partial charge in [0, 0.05) is 11.8 Å². The van der Waals surface area contributed by atoms with E-state index in [2.05, 4.69) is 33.0 Å². The Hall–Kier alpha value is -1.65. The lowest BCUT2D eigenvalue weighted by molar-refractivity contribution is 0.107. The molecular formula is C15H13BrN2O. The quantitative estimate of drug-likeness (QED) is 0.731. The minimum atomic E-state index is 0.558. The van der Waals surface area contributed by atoms with Crippen molar-refractivity contribution in [2.24, 2.45) is 0 Å². The summed E-state index contributed by atoms with van der Waals surface area (Å²) in [6.45, 7) is 1.17. The number of fused-ring (bicyclic) bond motifs is 1. The standard InChI is InChI=1S/C15H13BrN2O/c16-14-9-17-15-13(7-4-8-18(14)15)11-19-10-12-5-2-1-3-6-12/h1-9H,10-11H2. The van der Waals surface area contributed by atoms with E-state index < -0.39 is 0 Å². The molecule has 96 valence electrons. The van der Waals surface area contributed by atoms with E-state index in [1.807, 2.05) is 40.9 Å². The zero-order chi connectivity index (χ0) is 13.1. The molecule has 1 aromatic carbocycles.